The first-order valence-corrected chi connectivity index (χ1v) is 12.7. The number of sulfonamides is 1. The van der Waals surface area contributed by atoms with Crippen LogP contribution in [0.25, 0.3) is 0 Å². The van der Waals surface area contributed by atoms with Crippen molar-refractivity contribution in [3.8, 4) is 5.75 Å². The molecule has 0 saturated carbocycles. The number of amides is 1. The van der Waals surface area contributed by atoms with Crippen molar-refractivity contribution >= 4 is 38.9 Å². The van der Waals surface area contributed by atoms with Crippen LogP contribution in [0.3, 0.4) is 0 Å². The Kier molecular flexibility index (Phi) is 8.21. The summed E-state index contributed by atoms with van der Waals surface area (Å²) in [6.45, 7) is 4.62. The molecule has 0 aliphatic heterocycles. The van der Waals surface area contributed by atoms with E-state index in [0.717, 1.165) is 21.5 Å². The number of nitrogens with one attached hydrogen (secondary N) is 1. The van der Waals surface area contributed by atoms with Gasteiger partial charge in [0.1, 0.15) is 12.3 Å². The standard InChI is InChI=1S/C25H26ClN3O6S/c1-16-5-8-19(9-6-16)18(3)27-25(30)15-28(23-13-20(26)10-12-24(23)35-4)36(33,34)21-11-7-17(2)22(14-21)29(31)32/h5-14,18H,15H2,1-4H3,(H,27,30). The number of nitrogens with zero attached hydrogens (tertiary/aromatic N) is 2. The van der Waals surface area contributed by atoms with Crippen molar-refractivity contribution in [1.29, 1.82) is 0 Å². The highest BCUT2D eigenvalue weighted by atomic mass is 35.5. The van der Waals surface area contributed by atoms with Gasteiger partial charge in [0.25, 0.3) is 15.7 Å². The number of rotatable bonds is 9. The minimum absolute atomic E-state index is 0.0198. The van der Waals surface area contributed by atoms with E-state index in [9.17, 15) is 23.3 Å². The second kappa shape index (κ2) is 11.0. The van der Waals surface area contributed by atoms with E-state index in [1.807, 2.05) is 31.2 Å². The lowest BCUT2D eigenvalue weighted by Gasteiger charge is -2.26. The Morgan fingerprint density at radius 2 is 1.78 bits per heavy atom. The maximum atomic E-state index is 13.8. The summed E-state index contributed by atoms with van der Waals surface area (Å²) in [5.74, 6) is -0.431. The second-order valence-electron chi connectivity index (χ2n) is 8.23. The van der Waals surface area contributed by atoms with Gasteiger partial charge in [-0.15, -0.1) is 0 Å². The number of methoxy groups -OCH3 is 1. The van der Waals surface area contributed by atoms with E-state index < -0.39 is 33.4 Å². The third-order valence-corrected chi connectivity index (χ3v) is 7.61. The number of ether oxygens (including phenoxy) is 1. The van der Waals surface area contributed by atoms with E-state index in [-0.39, 0.29) is 27.0 Å². The number of halogens is 1. The molecule has 11 heteroatoms. The third kappa shape index (κ3) is 5.95. The molecule has 0 aromatic heterocycles. The molecule has 0 heterocycles. The topological polar surface area (TPSA) is 119 Å². The molecule has 0 radical (unpaired) electrons. The van der Waals surface area contributed by atoms with E-state index in [4.69, 9.17) is 16.3 Å². The molecule has 1 atom stereocenters. The van der Waals surface area contributed by atoms with Crippen molar-refractivity contribution in [2.75, 3.05) is 18.0 Å². The fraction of sp³-hybridized carbons (Fsp3) is 0.240. The molecular weight excluding hydrogens is 506 g/mol. The van der Waals surface area contributed by atoms with E-state index >= 15 is 0 Å². The zero-order valence-corrected chi connectivity index (χ0v) is 21.8. The Morgan fingerprint density at radius 1 is 1.11 bits per heavy atom. The molecule has 1 N–H and O–H groups in total. The molecule has 0 spiro atoms. The highest BCUT2D eigenvalue weighted by molar-refractivity contribution is 7.92. The summed E-state index contributed by atoms with van der Waals surface area (Å²) in [6.07, 6.45) is 0. The summed E-state index contributed by atoms with van der Waals surface area (Å²) in [5.41, 5.74) is 1.88. The van der Waals surface area contributed by atoms with E-state index in [0.29, 0.717) is 5.56 Å². The van der Waals surface area contributed by atoms with Crippen LogP contribution in [0, 0.1) is 24.0 Å². The molecule has 0 aliphatic rings. The normalized spacial score (nSPS) is 12.0. The SMILES string of the molecule is COc1ccc(Cl)cc1N(CC(=O)NC(C)c1ccc(C)cc1)S(=O)(=O)c1ccc(C)c([N+](=O)[O-])c1. The van der Waals surface area contributed by atoms with Crippen LogP contribution in [-0.2, 0) is 14.8 Å². The zero-order valence-electron chi connectivity index (χ0n) is 20.2. The van der Waals surface area contributed by atoms with E-state index in [1.165, 1.54) is 44.4 Å². The fourth-order valence-electron chi connectivity index (χ4n) is 3.59. The molecule has 0 bridgehead atoms. The van der Waals surface area contributed by atoms with Crippen LogP contribution in [0.5, 0.6) is 5.75 Å². The number of nitro benzene ring substituents is 1. The van der Waals surface area contributed by atoms with Crippen molar-refractivity contribution in [2.24, 2.45) is 0 Å². The third-order valence-electron chi connectivity index (χ3n) is 5.62. The van der Waals surface area contributed by atoms with Gasteiger partial charge < -0.3 is 10.1 Å². The van der Waals surface area contributed by atoms with Crippen LogP contribution in [0.2, 0.25) is 5.02 Å². The Bertz CT molecular complexity index is 1390. The van der Waals surface area contributed by atoms with Crippen molar-refractivity contribution in [3.63, 3.8) is 0 Å². The molecule has 190 valence electrons. The van der Waals surface area contributed by atoms with Crippen LogP contribution >= 0.6 is 11.6 Å². The predicted molar refractivity (Wildman–Crippen MR) is 138 cm³/mol. The number of aryl methyl sites for hydroxylation is 2. The van der Waals surface area contributed by atoms with Crippen molar-refractivity contribution in [1.82, 2.24) is 5.32 Å². The molecule has 0 fully saturated rings. The maximum Gasteiger partial charge on any atom is 0.273 e. The number of hydrogen-bond acceptors (Lipinski definition) is 6. The lowest BCUT2D eigenvalue weighted by atomic mass is 10.1. The molecule has 9 nitrogen and oxygen atoms in total. The van der Waals surface area contributed by atoms with Gasteiger partial charge >= 0.3 is 0 Å². The maximum absolute atomic E-state index is 13.8. The molecule has 1 amide bonds. The zero-order chi connectivity index (χ0) is 26.6. The highest BCUT2D eigenvalue weighted by Gasteiger charge is 2.31. The molecule has 3 aromatic carbocycles. The molecule has 0 aliphatic carbocycles. The van der Waals surface area contributed by atoms with Crippen molar-refractivity contribution < 1.29 is 22.9 Å². The van der Waals surface area contributed by atoms with E-state index in [2.05, 4.69) is 5.32 Å². The Balaban J connectivity index is 2.04. The fourth-order valence-corrected chi connectivity index (χ4v) is 5.20. The number of carbonyl (C=O) groups excluding carboxylic acids is 1. The van der Waals surface area contributed by atoms with Gasteiger partial charge in [-0.2, -0.15) is 0 Å². The summed E-state index contributed by atoms with van der Waals surface area (Å²) in [5, 5.41) is 14.5. The molecule has 36 heavy (non-hydrogen) atoms. The predicted octanol–water partition coefficient (Wildman–Crippen LogP) is 4.95. The number of carbonyl (C=O) groups is 1. The summed E-state index contributed by atoms with van der Waals surface area (Å²) in [6, 6.07) is 15.1. The Labute approximate surface area is 214 Å². The average Bonchev–Trinajstić information content (AvgIpc) is 2.82. The van der Waals surface area contributed by atoms with Crippen molar-refractivity contribution in [2.45, 2.75) is 31.7 Å². The van der Waals surface area contributed by atoms with Gasteiger partial charge in [0.2, 0.25) is 5.91 Å². The Hall–Kier alpha value is -3.63. The van der Waals surface area contributed by atoms with Gasteiger partial charge in [-0.1, -0.05) is 47.5 Å². The minimum Gasteiger partial charge on any atom is -0.495 e. The van der Waals surface area contributed by atoms with Gasteiger partial charge in [0.15, 0.2) is 0 Å². The average molecular weight is 532 g/mol. The Morgan fingerprint density at radius 3 is 2.39 bits per heavy atom. The van der Waals surface area contributed by atoms with Gasteiger partial charge in [0.05, 0.1) is 28.7 Å². The number of nitro groups is 1. The molecule has 0 saturated heterocycles. The summed E-state index contributed by atoms with van der Waals surface area (Å²) >= 11 is 6.15. The smallest absolute Gasteiger partial charge is 0.273 e. The first-order valence-electron chi connectivity index (χ1n) is 10.9. The number of anilines is 1. The lowest BCUT2D eigenvalue weighted by Crippen LogP contribution is -2.41. The largest absolute Gasteiger partial charge is 0.495 e. The van der Waals surface area contributed by atoms with Gasteiger partial charge in [-0.3, -0.25) is 19.2 Å². The minimum atomic E-state index is -4.45. The second-order valence-corrected chi connectivity index (χ2v) is 10.5. The first kappa shape index (κ1) is 27.0. The lowest BCUT2D eigenvalue weighted by molar-refractivity contribution is -0.385. The monoisotopic (exact) mass is 531 g/mol. The van der Waals surface area contributed by atoms with Crippen molar-refractivity contribution in [3.05, 3.63) is 92.5 Å². The van der Waals surface area contributed by atoms with Crippen LogP contribution in [0.4, 0.5) is 11.4 Å². The van der Waals surface area contributed by atoms with Crippen LogP contribution in [0.15, 0.2) is 65.6 Å². The number of hydrogen-bond donors (Lipinski definition) is 1. The highest BCUT2D eigenvalue weighted by Crippen LogP contribution is 2.35. The van der Waals surface area contributed by atoms with Crippen LogP contribution < -0.4 is 14.4 Å². The molecule has 3 aromatic rings. The summed E-state index contributed by atoms with van der Waals surface area (Å²) < 4.78 is 33.7. The first-order chi connectivity index (χ1) is 16.9. The molecular formula is C25H26ClN3O6S. The van der Waals surface area contributed by atoms with Gasteiger partial charge in [-0.05, 0) is 50.6 Å². The quantitative estimate of drug-likeness (QED) is 0.308. The number of benzene rings is 3. The summed E-state index contributed by atoms with van der Waals surface area (Å²) in [4.78, 5) is 23.5. The molecule has 3 rings (SSSR count). The molecule has 1 unspecified atom stereocenters. The van der Waals surface area contributed by atoms with Crippen LogP contribution in [-0.4, -0.2) is 32.9 Å². The van der Waals surface area contributed by atoms with Crippen LogP contribution in [0.1, 0.15) is 29.7 Å². The van der Waals surface area contributed by atoms with Gasteiger partial charge in [0, 0.05) is 16.7 Å². The van der Waals surface area contributed by atoms with E-state index in [1.54, 1.807) is 6.92 Å². The van der Waals surface area contributed by atoms with Gasteiger partial charge in [-0.25, -0.2) is 8.42 Å². The summed E-state index contributed by atoms with van der Waals surface area (Å²) in [7, 11) is -3.09.